The van der Waals surface area contributed by atoms with E-state index in [1.807, 2.05) is 48.5 Å². The van der Waals surface area contributed by atoms with E-state index in [9.17, 15) is 9.59 Å². The Morgan fingerprint density at radius 3 is 1.10 bits per heavy atom. The number of rotatable bonds is 30. The van der Waals surface area contributed by atoms with Gasteiger partial charge in [-0.05, 0) is 81.8 Å². The number of nitrogens with zero attached hydrogens (tertiary/aromatic N) is 2. The fourth-order valence-electron chi connectivity index (χ4n) is 6.33. The first-order chi connectivity index (χ1) is 24.9. The minimum absolute atomic E-state index is 0.174. The number of unbranched alkanes of at least 4 members (excludes halogenated alkanes) is 16. The van der Waals surface area contributed by atoms with Crippen LogP contribution in [0, 0.1) is 0 Å². The summed E-state index contributed by atoms with van der Waals surface area (Å²) in [5.41, 5.74) is 3.87. The summed E-state index contributed by atoms with van der Waals surface area (Å²) in [7, 11) is 4.26. The van der Waals surface area contributed by atoms with Crippen molar-refractivity contribution in [3.05, 3.63) is 59.7 Å². The van der Waals surface area contributed by atoms with E-state index in [1.165, 1.54) is 116 Å². The highest BCUT2D eigenvalue weighted by molar-refractivity contribution is 5.89. The Kier molecular flexibility index (Phi) is 25.5. The molecular weight excluding hydrogens is 633 g/mol. The van der Waals surface area contributed by atoms with E-state index >= 15 is 0 Å². The zero-order chi connectivity index (χ0) is 36.8. The summed E-state index contributed by atoms with van der Waals surface area (Å²) in [5, 5.41) is 11.8. The number of carbonyl (C=O) groups is 2. The van der Waals surface area contributed by atoms with Crippen LogP contribution in [0.15, 0.2) is 48.5 Å². The van der Waals surface area contributed by atoms with Crippen molar-refractivity contribution in [2.24, 2.45) is 0 Å². The number of anilines is 2. The summed E-state index contributed by atoms with van der Waals surface area (Å²) in [6, 6.07) is 15.6. The van der Waals surface area contributed by atoms with Crippen LogP contribution >= 0.6 is 0 Å². The first-order valence-corrected chi connectivity index (χ1v) is 20.5. The van der Waals surface area contributed by atoms with Gasteiger partial charge in [0.1, 0.15) is 0 Å². The van der Waals surface area contributed by atoms with Crippen molar-refractivity contribution in [1.29, 1.82) is 0 Å². The van der Waals surface area contributed by atoms with Crippen LogP contribution < -0.4 is 21.3 Å². The SMILES string of the molecule is CCCCCCCCCCCN(C)CCNC(=O)Nc1ccc(Cc2ccc(NC(=O)NCCN(C)CCCCCCCCCCC)cc2)cc1. The lowest BCUT2D eigenvalue weighted by molar-refractivity contribution is 0.248. The van der Waals surface area contributed by atoms with Gasteiger partial charge in [-0.1, -0.05) is 141 Å². The molecule has 0 aliphatic heterocycles. The molecule has 0 aliphatic carbocycles. The van der Waals surface area contributed by atoms with E-state index in [4.69, 9.17) is 0 Å². The molecule has 0 saturated carbocycles. The second-order valence-electron chi connectivity index (χ2n) is 14.6. The van der Waals surface area contributed by atoms with Crippen molar-refractivity contribution in [2.45, 2.75) is 136 Å². The van der Waals surface area contributed by atoms with Crippen LogP contribution in [0.3, 0.4) is 0 Å². The molecule has 288 valence electrons. The Hall–Kier alpha value is -3.10. The molecule has 0 unspecified atom stereocenters. The molecule has 0 aliphatic rings. The molecule has 0 aromatic heterocycles. The van der Waals surface area contributed by atoms with E-state index in [-0.39, 0.29) is 12.1 Å². The van der Waals surface area contributed by atoms with E-state index < -0.39 is 0 Å². The molecule has 0 radical (unpaired) electrons. The zero-order valence-corrected chi connectivity index (χ0v) is 33.0. The van der Waals surface area contributed by atoms with Crippen LogP contribution in [-0.4, -0.2) is 75.2 Å². The van der Waals surface area contributed by atoms with Crippen molar-refractivity contribution >= 4 is 23.4 Å². The van der Waals surface area contributed by atoms with Crippen molar-refractivity contribution in [2.75, 3.05) is 64.0 Å². The van der Waals surface area contributed by atoms with Gasteiger partial charge < -0.3 is 31.1 Å². The maximum absolute atomic E-state index is 12.4. The normalized spacial score (nSPS) is 11.3. The lowest BCUT2D eigenvalue weighted by Gasteiger charge is -2.17. The summed E-state index contributed by atoms with van der Waals surface area (Å²) < 4.78 is 0. The van der Waals surface area contributed by atoms with Crippen molar-refractivity contribution in [3.8, 4) is 0 Å². The highest BCUT2D eigenvalue weighted by Crippen LogP contribution is 2.16. The van der Waals surface area contributed by atoms with Gasteiger partial charge in [0, 0.05) is 37.6 Å². The summed E-state index contributed by atoms with van der Waals surface area (Å²) in [6.07, 6.45) is 24.9. The average Bonchev–Trinajstić information content (AvgIpc) is 3.12. The third-order valence-electron chi connectivity index (χ3n) is 9.68. The smallest absolute Gasteiger partial charge is 0.319 e. The van der Waals surface area contributed by atoms with Gasteiger partial charge >= 0.3 is 12.1 Å². The number of urea groups is 2. The first-order valence-electron chi connectivity index (χ1n) is 20.5. The number of nitrogens with one attached hydrogen (secondary N) is 4. The van der Waals surface area contributed by atoms with Crippen LogP contribution in [0.1, 0.15) is 141 Å². The van der Waals surface area contributed by atoms with Crippen LogP contribution in [0.25, 0.3) is 0 Å². The van der Waals surface area contributed by atoms with Crippen LogP contribution in [0.2, 0.25) is 0 Å². The molecule has 8 nitrogen and oxygen atoms in total. The van der Waals surface area contributed by atoms with Gasteiger partial charge in [0.2, 0.25) is 0 Å². The van der Waals surface area contributed by atoms with Gasteiger partial charge in [0.05, 0.1) is 0 Å². The predicted octanol–water partition coefficient (Wildman–Crippen LogP) is 10.4. The molecule has 8 heteroatoms. The molecule has 2 aromatic carbocycles. The Bertz CT molecular complexity index is 1050. The molecule has 2 rings (SSSR count). The van der Waals surface area contributed by atoms with Crippen molar-refractivity contribution in [3.63, 3.8) is 0 Å². The number of benzene rings is 2. The van der Waals surface area contributed by atoms with Gasteiger partial charge in [0.15, 0.2) is 0 Å². The molecule has 0 atom stereocenters. The third kappa shape index (κ3) is 23.9. The van der Waals surface area contributed by atoms with E-state index in [0.717, 1.165) is 55.1 Å². The fourth-order valence-corrected chi connectivity index (χ4v) is 6.33. The molecule has 2 aromatic rings. The molecular formula is C43H74N6O2. The highest BCUT2D eigenvalue weighted by atomic mass is 16.2. The number of hydrogen-bond acceptors (Lipinski definition) is 4. The number of carbonyl (C=O) groups excluding carboxylic acids is 2. The lowest BCUT2D eigenvalue weighted by atomic mass is 10.0. The summed E-state index contributed by atoms with van der Waals surface area (Å²) in [4.78, 5) is 29.4. The minimum atomic E-state index is -0.174. The minimum Gasteiger partial charge on any atom is -0.337 e. The maximum atomic E-state index is 12.4. The summed E-state index contributed by atoms with van der Waals surface area (Å²) >= 11 is 0. The predicted molar refractivity (Wildman–Crippen MR) is 219 cm³/mol. The second kappa shape index (κ2) is 29.5. The summed E-state index contributed by atoms with van der Waals surface area (Å²) in [5.74, 6) is 0. The fraction of sp³-hybridized carbons (Fsp3) is 0.674. The molecule has 0 heterocycles. The van der Waals surface area contributed by atoms with E-state index in [1.54, 1.807) is 0 Å². The monoisotopic (exact) mass is 707 g/mol. The van der Waals surface area contributed by atoms with E-state index in [2.05, 4.69) is 59.0 Å². The van der Waals surface area contributed by atoms with Gasteiger partial charge in [-0.3, -0.25) is 0 Å². The molecule has 0 saturated heterocycles. The molecule has 4 N–H and O–H groups in total. The van der Waals surface area contributed by atoms with Gasteiger partial charge in [-0.15, -0.1) is 0 Å². The van der Waals surface area contributed by atoms with E-state index in [0.29, 0.717) is 13.1 Å². The van der Waals surface area contributed by atoms with Gasteiger partial charge in [-0.2, -0.15) is 0 Å². The summed E-state index contributed by atoms with van der Waals surface area (Å²) in [6.45, 7) is 9.63. The second-order valence-corrected chi connectivity index (χ2v) is 14.6. The molecule has 4 amide bonds. The molecule has 0 bridgehead atoms. The average molecular weight is 707 g/mol. The number of amides is 4. The topological polar surface area (TPSA) is 88.7 Å². The highest BCUT2D eigenvalue weighted by Gasteiger charge is 2.06. The molecule has 0 spiro atoms. The lowest BCUT2D eigenvalue weighted by Crippen LogP contribution is -2.35. The van der Waals surface area contributed by atoms with Crippen molar-refractivity contribution < 1.29 is 9.59 Å². The van der Waals surface area contributed by atoms with Gasteiger partial charge in [-0.25, -0.2) is 9.59 Å². The Morgan fingerprint density at radius 2 is 0.765 bits per heavy atom. The Balaban J connectivity index is 1.53. The number of likely N-dealkylation sites (N-methyl/N-ethyl adjacent to an activating group) is 2. The number of hydrogen-bond donors (Lipinski definition) is 4. The Labute approximate surface area is 312 Å². The van der Waals surface area contributed by atoms with Crippen LogP contribution in [0.4, 0.5) is 21.0 Å². The molecule has 51 heavy (non-hydrogen) atoms. The van der Waals surface area contributed by atoms with Crippen LogP contribution in [-0.2, 0) is 6.42 Å². The standard InChI is InChI=1S/C43H74N6O2/c1-5-7-9-11-13-15-17-19-21-33-48(3)35-31-44-42(50)46-40-27-23-38(24-28-40)37-39-25-29-41(30-26-39)47-43(51)45-32-36-49(4)34-22-20-18-16-14-12-10-8-6-2/h23-30H,5-22,31-37H2,1-4H3,(H2,44,46,50)(H2,45,47,51). The zero-order valence-electron chi connectivity index (χ0n) is 33.0. The van der Waals surface area contributed by atoms with Crippen LogP contribution in [0.5, 0.6) is 0 Å². The van der Waals surface area contributed by atoms with Crippen molar-refractivity contribution in [1.82, 2.24) is 20.4 Å². The first kappa shape index (κ1) is 44.1. The third-order valence-corrected chi connectivity index (χ3v) is 9.68. The Morgan fingerprint density at radius 1 is 0.451 bits per heavy atom. The molecule has 0 fully saturated rings. The quantitative estimate of drug-likeness (QED) is 0.0609. The maximum Gasteiger partial charge on any atom is 0.319 e. The largest absolute Gasteiger partial charge is 0.337 e. The van der Waals surface area contributed by atoms with Gasteiger partial charge in [0.25, 0.3) is 0 Å².